The molecular formula is C25H29N3O5S. The van der Waals surface area contributed by atoms with Gasteiger partial charge in [-0.25, -0.2) is 8.42 Å². The molecule has 1 amide bonds. The lowest BCUT2D eigenvalue weighted by Gasteiger charge is -2.26. The maximum Gasteiger partial charge on any atom is 0.246 e. The number of nitrogens with one attached hydrogen (secondary N) is 2. The van der Waals surface area contributed by atoms with Crippen molar-refractivity contribution in [1.82, 2.24) is 9.62 Å². The fourth-order valence-electron chi connectivity index (χ4n) is 4.07. The van der Waals surface area contributed by atoms with Crippen LogP contribution in [0, 0.1) is 0 Å². The molecule has 34 heavy (non-hydrogen) atoms. The number of nitrogens with zero attached hydrogens (tertiary/aromatic N) is 1. The summed E-state index contributed by atoms with van der Waals surface area (Å²) in [4.78, 5) is 12.7. The molecule has 1 aliphatic heterocycles. The number of carbonyl (C=O) groups excluding carboxylic acids is 1. The van der Waals surface area contributed by atoms with Crippen LogP contribution < -0.4 is 15.4 Å². The Morgan fingerprint density at radius 2 is 1.82 bits per heavy atom. The van der Waals surface area contributed by atoms with E-state index in [2.05, 4.69) is 28.8 Å². The van der Waals surface area contributed by atoms with Crippen molar-refractivity contribution in [3.63, 3.8) is 0 Å². The summed E-state index contributed by atoms with van der Waals surface area (Å²) in [6.07, 6.45) is 0. The number of hydrogen-bond acceptors (Lipinski definition) is 6. The van der Waals surface area contributed by atoms with Crippen LogP contribution in [0.2, 0.25) is 0 Å². The third-order valence-corrected chi connectivity index (χ3v) is 7.81. The summed E-state index contributed by atoms with van der Waals surface area (Å²) < 4.78 is 38.2. The van der Waals surface area contributed by atoms with Crippen molar-refractivity contribution in [2.45, 2.75) is 17.9 Å². The Balaban J connectivity index is 1.45. The third-order valence-electron chi connectivity index (χ3n) is 5.89. The first kappa shape index (κ1) is 24.2. The highest BCUT2D eigenvalue weighted by atomic mass is 32.2. The third kappa shape index (κ3) is 5.23. The van der Waals surface area contributed by atoms with E-state index in [1.807, 2.05) is 31.2 Å². The number of hydrogen-bond donors (Lipinski definition) is 2. The molecular weight excluding hydrogens is 454 g/mol. The number of benzene rings is 3. The van der Waals surface area contributed by atoms with E-state index in [0.717, 1.165) is 16.3 Å². The van der Waals surface area contributed by atoms with Gasteiger partial charge in [0.1, 0.15) is 10.6 Å². The number of ether oxygens (including phenoxy) is 2. The normalized spacial score (nSPS) is 15.7. The molecule has 1 heterocycles. The molecule has 180 valence electrons. The molecule has 1 saturated heterocycles. The van der Waals surface area contributed by atoms with Crippen molar-refractivity contribution >= 4 is 32.4 Å². The molecule has 0 aromatic heterocycles. The molecule has 1 atom stereocenters. The van der Waals surface area contributed by atoms with Crippen molar-refractivity contribution < 1.29 is 22.7 Å². The van der Waals surface area contributed by atoms with Crippen LogP contribution in [0.1, 0.15) is 18.5 Å². The number of methoxy groups -OCH3 is 1. The fraction of sp³-hybridized carbons (Fsp3) is 0.320. The molecule has 9 heteroatoms. The minimum Gasteiger partial charge on any atom is -0.495 e. The zero-order valence-electron chi connectivity index (χ0n) is 19.3. The molecule has 3 aromatic rings. The summed E-state index contributed by atoms with van der Waals surface area (Å²) in [7, 11) is -2.36. The number of carbonyl (C=O) groups is 1. The van der Waals surface area contributed by atoms with Gasteiger partial charge in [-0.1, -0.05) is 42.5 Å². The van der Waals surface area contributed by atoms with Gasteiger partial charge in [0, 0.05) is 24.8 Å². The van der Waals surface area contributed by atoms with Crippen molar-refractivity contribution in [2.24, 2.45) is 0 Å². The Bertz CT molecular complexity index is 1270. The number of morpholine rings is 1. The second-order valence-electron chi connectivity index (χ2n) is 8.10. The maximum atomic E-state index is 13.1. The second-order valence-corrected chi connectivity index (χ2v) is 10.0. The summed E-state index contributed by atoms with van der Waals surface area (Å²) in [5.41, 5.74) is 1.49. The van der Waals surface area contributed by atoms with Gasteiger partial charge in [0.15, 0.2) is 0 Å². The lowest BCUT2D eigenvalue weighted by atomic mass is 10.00. The van der Waals surface area contributed by atoms with Gasteiger partial charge >= 0.3 is 0 Å². The van der Waals surface area contributed by atoms with Gasteiger partial charge in [-0.2, -0.15) is 4.31 Å². The quantitative estimate of drug-likeness (QED) is 0.511. The number of rotatable bonds is 8. The van der Waals surface area contributed by atoms with E-state index in [1.165, 1.54) is 17.5 Å². The van der Waals surface area contributed by atoms with Gasteiger partial charge in [-0.3, -0.25) is 4.79 Å². The minimum absolute atomic E-state index is 0.0202. The molecule has 1 aliphatic rings. The highest BCUT2D eigenvalue weighted by Gasteiger charge is 2.29. The zero-order valence-corrected chi connectivity index (χ0v) is 20.1. The van der Waals surface area contributed by atoms with E-state index in [4.69, 9.17) is 9.47 Å². The number of sulfonamides is 1. The molecule has 1 fully saturated rings. The SMILES string of the molecule is COc1ccc(NC(=O)CN[C@@H](C)c2cccc3ccccc23)cc1S(=O)(=O)N1CCOCC1. The van der Waals surface area contributed by atoms with E-state index >= 15 is 0 Å². The lowest BCUT2D eigenvalue weighted by molar-refractivity contribution is -0.115. The highest BCUT2D eigenvalue weighted by molar-refractivity contribution is 7.89. The molecule has 0 saturated carbocycles. The number of anilines is 1. The predicted molar refractivity (Wildman–Crippen MR) is 132 cm³/mol. The first-order chi connectivity index (χ1) is 16.4. The van der Waals surface area contributed by atoms with Crippen LogP contribution in [0.4, 0.5) is 5.69 Å². The largest absolute Gasteiger partial charge is 0.495 e. The van der Waals surface area contributed by atoms with Crippen LogP contribution in [0.25, 0.3) is 10.8 Å². The van der Waals surface area contributed by atoms with E-state index in [1.54, 1.807) is 12.1 Å². The summed E-state index contributed by atoms with van der Waals surface area (Å²) in [6, 6.07) is 18.8. The first-order valence-corrected chi connectivity index (χ1v) is 12.6. The standard InChI is InChI=1S/C25H29N3O5S/c1-18(21-9-5-7-19-6-3-4-8-22(19)21)26-17-25(29)27-20-10-11-23(32-2)24(16-20)34(30,31)28-12-14-33-15-13-28/h3-11,16,18,26H,12-15,17H2,1-2H3,(H,27,29)/t18-/m0/s1. The number of fused-ring (bicyclic) bond motifs is 1. The van der Waals surface area contributed by atoms with Crippen molar-refractivity contribution in [1.29, 1.82) is 0 Å². The summed E-state index contributed by atoms with van der Waals surface area (Å²) in [6.45, 7) is 3.32. The fourth-order valence-corrected chi connectivity index (χ4v) is 5.66. The Morgan fingerprint density at radius 1 is 1.09 bits per heavy atom. The Hall–Kier alpha value is -2.98. The van der Waals surface area contributed by atoms with Crippen molar-refractivity contribution in [3.05, 3.63) is 66.2 Å². The van der Waals surface area contributed by atoms with Crippen LogP contribution in [-0.2, 0) is 19.6 Å². The Kier molecular flexibility index (Phi) is 7.47. The number of amides is 1. The minimum atomic E-state index is -3.78. The predicted octanol–water partition coefficient (Wildman–Crippen LogP) is 3.16. The molecule has 8 nitrogen and oxygen atoms in total. The van der Waals surface area contributed by atoms with E-state index in [9.17, 15) is 13.2 Å². The van der Waals surface area contributed by atoms with Crippen molar-refractivity contribution in [2.75, 3.05) is 45.3 Å². The molecule has 0 spiro atoms. The smallest absolute Gasteiger partial charge is 0.246 e. The van der Waals surface area contributed by atoms with Crippen LogP contribution in [0.15, 0.2) is 65.6 Å². The second kappa shape index (κ2) is 10.5. The van der Waals surface area contributed by atoms with Gasteiger partial charge in [0.2, 0.25) is 15.9 Å². The molecule has 0 unspecified atom stereocenters. The van der Waals surface area contributed by atoms with Gasteiger partial charge in [0.05, 0.1) is 26.9 Å². The first-order valence-electron chi connectivity index (χ1n) is 11.2. The van der Waals surface area contributed by atoms with Gasteiger partial charge < -0.3 is 20.1 Å². The molecule has 4 rings (SSSR count). The zero-order chi connectivity index (χ0) is 24.1. The summed E-state index contributed by atoms with van der Waals surface area (Å²) in [5.74, 6) is -0.0424. The van der Waals surface area contributed by atoms with Gasteiger partial charge in [-0.15, -0.1) is 0 Å². The lowest BCUT2D eigenvalue weighted by Crippen LogP contribution is -2.40. The van der Waals surface area contributed by atoms with E-state index < -0.39 is 10.0 Å². The van der Waals surface area contributed by atoms with Gasteiger partial charge in [0.25, 0.3) is 0 Å². The maximum absolute atomic E-state index is 13.1. The molecule has 3 aromatic carbocycles. The van der Waals surface area contributed by atoms with Crippen LogP contribution in [0.3, 0.4) is 0 Å². The van der Waals surface area contributed by atoms with Gasteiger partial charge in [-0.05, 0) is 41.5 Å². The molecule has 0 bridgehead atoms. The van der Waals surface area contributed by atoms with Crippen molar-refractivity contribution in [3.8, 4) is 5.75 Å². The van der Waals surface area contributed by atoms with E-state index in [-0.39, 0.29) is 42.2 Å². The Labute approximate surface area is 199 Å². The van der Waals surface area contributed by atoms with E-state index in [0.29, 0.717) is 18.9 Å². The molecule has 2 N–H and O–H groups in total. The summed E-state index contributed by atoms with van der Waals surface area (Å²) >= 11 is 0. The van der Waals surface area contributed by atoms with Crippen LogP contribution in [0.5, 0.6) is 5.75 Å². The Morgan fingerprint density at radius 3 is 2.59 bits per heavy atom. The average molecular weight is 484 g/mol. The average Bonchev–Trinajstić information content (AvgIpc) is 2.87. The summed E-state index contributed by atoms with van der Waals surface area (Å²) in [5, 5.41) is 8.32. The van der Waals surface area contributed by atoms with Crippen LogP contribution >= 0.6 is 0 Å². The monoisotopic (exact) mass is 483 g/mol. The topological polar surface area (TPSA) is 97.0 Å². The molecule has 0 radical (unpaired) electrons. The highest BCUT2D eigenvalue weighted by Crippen LogP contribution is 2.30. The molecule has 0 aliphatic carbocycles. The van der Waals surface area contributed by atoms with Crippen LogP contribution in [-0.4, -0.2) is 58.6 Å².